The number of amides is 1. The third kappa shape index (κ3) is 1.74. The van der Waals surface area contributed by atoms with Crippen LogP contribution in [0.5, 0.6) is 0 Å². The van der Waals surface area contributed by atoms with Crippen LogP contribution in [-0.2, 0) is 0 Å². The molecule has 0 aromatic heterocycles. The second-order valence-corrected chi connectivity index (χ2v) is 2.43. The average Bonchev–Trinajstić information content (AvgIpc) is 2.10. The first-order valence-corrected chi connectivity index (χ1v) is 3.53. The van der Waals surface area contributed by atoms with E-state index in [1.165, 1.54) is 7.05 Å². The van der Waals surface area contributed by atoms with Crippen LogP contribution in [0.4, 0.5) is 14.5 Å². The first-order valence-electron chi connectivity index (χ1n) is 3.53. The van der Waals surface area contributed by atoms with Crippen LogP contribution in [0.15, 0.2) is 12.1 Å². The molecule has 0 spiro atoms. The summed E-state index contributed by atoms with van der Waals surface area (Å²) in [7, 11) is 1.35. The molecule has 3 N–H and O–H groups in total. The second-order valence-electron chi connectivity index (χ2n) is 2.43. The number of carbonyl (C=O) groups is 1. The number of nitrogens with one attached hydrogen (secondary N) is 1. The van der Waals surface area contributed by atoms with Gasteiger partial charge in [0.2, 0.25) is 0 Å². The van der Waals surface area contributed by atoms with Gasteiger partial charge >= 0.3 is 0 Å². The largest absolute Gasteiger partial charge is 0.396 e. The maximum absolute atomic E-state index is 12.9. The lowest BCUT2D eigenvalue weighted by molar-refractivity contribution is 0.0959. The summed E-state index contributed by atoms with van der Waals surface area (Å²) in [6, 6.07) is 1.55. The van der Waals surface area contributed by atoms with E-state index in [2.05, 4.69) is 5.32 Å². The van der Waals surface area contributed by atoms with Crippen LogP contribution in [0.1, 0.15) is 10.4 Å². The Morgan fingerprint density at radius 1 is 1.38 bits per heavy atom. The smallest absolute Gasteiger partial charge is 0.254 e. The van der Waals surface area contributed by atoms with Crippen LogP contribution in [0.2, 0.25) is 0 Å². The number of hydrogen-bond donors (Lipinski definition) is 2. The molecule has 0 saturated carbocycles. The van der Waals surface area contributed by atoms with E-state index >= 15 is 0 Å². The molecule has 0 bridgehead atoms. The normalized spacial score (nSPS) is 9.77. The van der Waals surface area contributed by atoms with Gasteiger partial charge in [0, 0.05) is 13.1 Å². The molecule has 3 nitrogen and oxygen atoms in total. The average molecular weight is 186 g/mol. The highest BCUT2D eigenvalue weighted by Gasteiger charge is 2.13. The summed E-state index contributed by atoms with van der Waals surface area (Å²) in [5, 5.41) is 2.21. The summed E-state index contributed by atoms with van der Waals surface area (Å²) in [5.74, 6) is -2.43. The van der Waals surface area contributed by atoms with Crippen molar-refractivity contribution in [2.24, 2.45) is 0 Å². The predicted molar refractivity (Wildman–Crippen MR) is 44.2 cm³/mol. The Balaban J connectivity index is 3.23. The third-order valence-electron chi connectivity index (χ3n) is 1.56. The molecule has 13 heavy (non-hydrogen) atoms. The lowest BCUT2D eigenvalue weighted by atomic mass is 10.1. The van der Waals surface area contributed by atoms with Gasteiger partial charge in [-0.05, 0) is 6.07 Å². The Kier molecular flexibility index (Phi) is 2.46. The second kappa shape index (κ2) is 3.38. The molecule has 70 valence electrons. The van der Waals surface area contributed by atoms with Crippen molar-refractivity contribution in [3.8, 4) is 0 Å². The molecule has 0 unspecified atom stereocenters. The maximum Gasteiger partial charge on any atom is 0.254 e. The van der Waals surface area contributed by atoms with Crippen molar-refractivity contribution >= 4 is 11.6 Å². The molecule has 0 radical (unpaired) electrons. The van der Waals surface area contributed by atoms with Gasteiger partial charge in [0.25, 0.3) is 5.91 Å². The zero-order chi connectivity index (χ0) is 10.0. The van der Waals surface area contributed by atoms with Crippen molar-refractivity contribution in [2.75, 3.05) is 12.8 Å². The SMILES string of the molecule is CNC(=O)c1cc(N)c(F)cc1F. The highest BCUT2D eigenvalue weighted by molar-refractivity contribution is 5.95. The summed E-state index contributed by atoms with van der Waals surface area (Å²) in [5.41, 5.74) is 4.65. The van der Waals surface area contributed by atoms with E-state index in [0.29, 0.717) is 6.07 Å². The number of halogens is 2. The fraction of sp³-hybridized carbons (Fsp3) is 0.125. The number of nitrogens with two attached hydrogens (primary N) is 1. The van der Waals surface area contributed by atoms with E-state index in [1.807, 2.05) is 0 Å². The van der Waals surface area contributed by atoms with E-state index in [4.69, 9.17) is 5.73 Å². The standard InChI is InChI=1S/C8H8F2N2O/c1-12-8(13)4-2-7(11)6(10)3-5(4)9/h2-3H,11H2,1H3,(H,12,13). The van der Waals surface area contributed by atoms with Crippen LogP contribution in [-0.4, -0.2) is 13.0 Å². The molecule has 0 atom stereocenters. The highest BCUT2D eigenvalue weighted by Crippen LogP contribution is 2.16. The molecule has 1 amide bonds. The van der Waals surface area contributed by atoms with Gasteiger partial charge in [0.15, 0.2) is 0 Å². The van der Waals surface area contributed by atoms with E-state index in [0.717, 1.165) is 6.07 Å². The number of benzene rings is 1. The zero-order valence-electron chi connectivity index (χ0n) is 6.90. The first-order chi connectivity index (χ1) is 6.06. The molecule has 0 saturated heterocycles. The van der Waals surface area contributed by atoms with Gasteiger partial charge in [-0.25, -0.2) is 8.78 Å². The topological polar surface area (TPSA) is 55.1 Å². The van der Waals surface area contributed by atoms with Crippen molar-refractivity contribution < 1.29 is 13.6 Å². The first kappa shape index (κ1) is 9.44. The Morgan fingerprint density at radius 2 is 2.00 bits per heavy atom. The van der Waals surface area contributed by atoms with Gasteiger partial charge in [0.1, 0.15) is 11.6 Å². The number of anilines is 1. The minimum atomic E-state index is -0.925. The van der Waals surface area contributed by atoms with Gasteiger partial charge in [-0.3, -0.25) is 4.79 Å². The Morgan fingerprint density at radius 3 is 2.54 bits per heavy atom. The van der Waals surface area contributed by atoms with Crippen molar-refractivity contribution in [3.05, 3.63) is 29.3 Å². The van der Waals surface area contributed by atoms with Crippen molar-refractivity contribution in [2.45, 2.75) is 0 Å². The Bertz CT molecular complexity index is 352. The summed E-state index contributed by atoms with van der Waals surface area (Å²) in [6.07, 6.45) is 0. The maximum atomic E-state index is 12.9. The third-order valence-corrected chi connectivity index (χ3v) is 1.56. The van der Waals surface area contributed by atoms with Gasteiger partial charge in [-0.15, -0.1) is 0 Å². The lowest BCUT2D eigenvalue weighted by Crippen LogP contribution is -2.19. The molecular weight excluding hydrogens is 178 g/mol. The number of nitrogen functional groups attached to an aromatic ring is 1. The minimum absolute atomic E-state index is 0.250. The van der Waals surface area contributed by atoms with Gasteiger partial charge < -0.3 is 11.1 Å². The lowest BCUT2D eigenvalue weighted by Gasteiger charge is -2.03. The van der Waals surface area contributed by atoms with Crippen LogP contribution < -0.4 is 11.1 Å². The van der Waals surface area contributed by atoms with Crippen LogP contribution in [0, 0.1) is 11.6 Å². The predicted octanol–water partition coefficient (Wildman–Crippen LogP) is 0.907. The monoisotopic (exact) mass is 186 g/mol. The van der Waals surface area contributed by atoms with Gasteiger partial charge in [-0.2, -0.15) is 0 Å². The molecule has 1 aromatic rings. The molecule has 0 aliphatic heterocycles. The van der Waals surface area contributed by atoms with E-state index < -0.39 is 17.5 Å². The molecule has 1 rings (SSSR count). The minimum Gasteiger partial charge on any atom is -0.396 e. The van der Waals surface area contributed by atoms with Crippen molar-refractivity contribution in [3.63, 3.8) is 0 Å². The Hall–Kier alpha value is -1.65. The van der Waals surface area contributed by atoms with Gasteiger partial charge in [-0.1, -0.05) is 0 Å². The number of hydrogen-bond acceptors (Lipinski definition) is 2. The molecule has 5 heteroatoms. The summed E-state index contributed by atoms with van der Waals surface area (Å²) < 4.78 is 25.5. The molecule has 0 heterocycles. The highest BCUT2D eigenvalue weighted by atomic mass is 19.1. The van der Waals surface area contributed by atoms with E-state index in [-0.39, 0.29) is 11.3 Å². The zero-order valence-corrected chi connectivity index (χ0v) is 6.90. The Labute approximate surface area is 73.5 Å². The quantitative estimate of drug-likeness (QED) is 0.640. The van der Waals surface area contributed by atoms with Crippen molar-refractivity contribution in [1.82, 2.24) is 5.32 Å². The molecule has 0 aliphatic carbocycles. The van der Waals surface area contributed by atoms with Crippen molar-refractivity contribution in [1.29, 1.82) is 0 Å². The fourth-order valence-corrected chi connectivity index (χ4v) is 0.874. The van der Waals surface area contributed by atoms with Crippen LogP contribution >= 0.6 is 0 Å². The molecular formula is C8H8F2N2O. The summed E-state index contributed by atoms with van der Waals surface area (Å²) in [6.45, 7) is 0. The fourth-order valence-electron chi connectivity index (χ4n) is 0.874. The number of rotatable bonds is 1. The molecule has 0 aliphatic rings. The van der Waals surface area contributed by atoms with Crippen LogP contribution in [0.25, 0.3) is 0 Å². The van der Waals surface area contributed by atoms with E-state index in [9.17, 15) is 13.6 Å². The van der Waals surface area contributed by atoms with Crippen LogP contribution in [0.3, 0.4) is 0 Å². The summed E-state index contributed by atoms with van der Waals surface area (Å²) in [4.78, 5) is 11.0. The molecule has 0 fully saturated rings. The van der Waals surface area contributed by atoms with Gasteiger partial charge in [0.05, 0.1) is 11.3 Å². The van der Waals surface area contributed by atoms with E-state index in [1.54, 1.807) is 0 Å². The number of carbonyl (C=O) groups excluding carboxylic acids is 1. The summed E-state index contributed by atoms with van der Waals surface area (Å²) >= 11 is 0. The molecule has 1 aromatic carbocycles.